The highest BCUT2D eigenvalue weighted by Gasteiger charge is 2.22. The van der Waals surface area contributed by atoms with Crippen molar-refractivity contribution in [1.82, 2.24) is 24.4 Å². The van der Waals surface area contributed by atoms with Gasteiger partial charge in [0, 0.05) is 36.8 Å². The van der Waals surface area contributed by atoms with E-state index < -0.39 is 0 Å². The van der Waals surface area contributed by atoms with Crippen LogP contribution >= 0.6 is 0 Å². The first kappa shape index (κ1) is 15.9. The number of hydrogen-bond donors (Lipinski definition) is 1. The molecular weight excluding hydrogens is 314 g/mol. The van der Waals surface area contributed by atoms with Gasteiger partial charge in [-0.1, -0.05) is 0 Å². The molecule has 0 bridgehead atoms. The number of nitrogens with zero attached hydrogens (tertiary/aromatic N) is 4. The normalized spacial score (nSPS) is 17.0. The van der Waals surface area contributed by atoms with Gasteiger partial charge >= 0.3 is 0 Å². The first-order valence-corrected chi connectivity index (χ1v) is 8.81. The highest BCUT2D eigenvalue weighted by molar-refractivity contribution is 5.97. The van der Waals surface area contributed by atoms with Crippen molar-refractivity contribution in [1.29, 1.82) is 0 Å². The number of benzene rings is 1. The molecule has 0 fully saturated rings. The largest absolute Gasteiger partial charge is 0.347 e. The van der Waals surface area contributed by atoms with Crippen LogP contribution in [0, 0.1) is 6.92 Å². The minimum atomic E-state index is -0.0358. The molecule has 1 atom stereocenters. The van der Waals surface area contributed by atoms with Gasteiger partial charge < -0.3 is 14.5 Å². The summed E-state index contributed by atoms with van der Waals surface area (Å²) in [5, 5.41) is 3.16. The number of aryl methyl sites for hydroxylation is 2. The molecule has 3 aromatic rings. The maximum absolute atomic E-state index is 12.6. The first-order valence-electron chi connectivity index (χ1n) is 8.81. The number of fused-ring (bicyclic) bond motifs is 2. The Morgan fingerprint density at radius 2 is 2.20 bits per heavy atom. The smallest absolute Gasteiger partial charge is 0.251 e. The van der Waals surface area contributed by atoms with E-state index in [1.807, 2.05) is 31.5 Å². The lowest BCUT2D eigenvalue weighted by atomic mass is 10.1. The highest BCUT2D eigenvalue weighted by Crippen LogP contribution is 2.20. The molecule has 0 saturated carbocycles. The Kier molecular flexibility index (Phi) is 3.82. The summed E-state index contributed by atoms with van der Waals surface area (Å²) in [6.45, 7) is 7.03. The second kappa shape index (κ2) is 6.02. The molecular formula is C19H23N5O. The lowest BCUT2D eigenvalue weighted by Gasteiger charge is -2.24. The number of aromatic nitrogens is 4. The van der Waals surface area contributed by atoms with Crippen molar-refractivity contribution < 1.29 is 4.79 Å². The molecule has 1 aromatic carbocycles. The van der Waals surface area contributed by atoms with Crippen molar-refractivity contribution in [2.75, 3.05) is 0 Å². The van der Waals surface area contributed by atoms with Crippen molar-refractivity contribution >= 4 is 16.9 Å². The van der Waals surface area contributed by atoms with Crippen LogP contribution in [0.2, 0.25) is 0 Å². The Morgan fingerprint density at radius 3 is 3.00 bits per heavy atom. The number of hydrogen-bond acceptors (Lipinski definition) is 3. The molecule has 1 aliphatic rings. The summed E-state index contributed by atoms with van der Waals surface area (Å²) in [4.78, 5) is 21.6. The Balaban J connectivity index is 1.51. The lowest BCUT2D eigenvalue weighted by molar-refractivity contribution is 0.0927. The third kappa shape index (κ3) is 2.92. The molecule has 25 heavy (non-hydrogen) atoms. The van der Waals surface area contributed by atoms with Crippen LogP contribution in [0.15, 0.2) is 30.7 Å². The minimum Gasteiger partial charge on any atom is -0.347 e. The predicted octanol–water partition coefficient (Wildman–Crippen LogP) is 2.87. The molecule has 0 radical (unpaired) electrons. The second-order valence-electron chi connectivity index (χ2n) is 7.11. The van der Waals surface area contributed by atoms with Crippen LogP contribution in [0.3, 0.4) is 0 Å². The molecule has 4 rings (SSSR count). The van der Waals surface area contributed by atoms with Crippen LogP contribution in [-0.2, 0) is 13.0 Å². The third-order valence-electron chi connectivity index (χ3n) is 4.84. The fraction of sp³-hybridized carbons (Fsp3) is 0.421. The standard InChI is InChI=1S/C19H23N5O/c1-12(2)24-11-20-16-8-14(4-6-17(16)24)19(25)22-15-5-7-18-21-13(3)9-23(18)10-15/h4,6,8-9,11-12,15H,5,7,10H2,1-3H3,(H,22,25). The molecule has 2 aromatic heterocycles. The third-order valence-corrected chi connectivity index (χ3v) is 4.84. The van der Waals surface area contributed by atoms with Gasteiger partial charge in [0.05, 0.1) is 23.1 Å². The molecule has 6 heteroatoms. The van der Waals surface area contributed by atoms with Crippen molar-refractivity contribution in [3.63, 3.8) is 0 Å². The van der Waals surface area contributed by atoms with Gasteiger partial charge in [0.1, 0.15) is 5.82 Å². The highest BCUT2D eigenvalue weighted by atomic mass is 16.1. The van der Waals surface area contributed by atoms with E-state index in [0.29, 0.717) is 11.6 Å². The Labute approximate surface area is 146 Å². The number of rotatable bonds is 3. The van der Waals surface area contributed by atoms with Crippen LogP contribution < -0.4 is 5.32 Å². The van der Waals surface area contributed by atoms with Gasteiger partial charge in [-0.3, -0.25) is 4.79 Å². The van der Waals surface area contributed by atoms with Crippen molar-refractivity contribution in [2.45, 2.75) is 52.2 Å². The fourth-order valence-corrected chi connectivity index (χ4v) is 3.56. The van der Waals surface area contributed by atoms with Crippen LogP contribution in [-0.4, -0.2) is 31.1 Å². The Hall–Kier alpha value is -2.63. The zero-order valence-corrected chi connectivity index (χ0v) is 14.9. The first-order chi connectivity index (χ1) is 12.0. The van der Waals surface area contributed by atoms with Gasteiger partial charge in [-0.05, 0) is 45.4 Å². The number of amides is 1. The molecule has 0 aliphatic carbocycles. The summed E-state index contributed by atoms with van der Waals surface area (Å²) in [6.07, 6.45) is 5.71. The summed E-state index contributed by atoms with van der Waals surface area (Å²) in [5.41, 5.74) is 3.61. The molecule has 3 heterocycles. The summed E-state index contributed by atoms with van der Waals surface area (Å²) >= 11 is 0. The number of nitrogens with one attached hydrogen (secondary N) is 1. The van der Waals surface area contributed by atoms with Crippen LogP contribution in [0.4, 0.5) is 0 Å². The molecule has 1 N–H and O–H groups in total. The lowest BCUT2D eigenvalue weighted by Crippen LogP contribution is -2.40. The van der Waals surface area contributed by atoms with E-state index >= 15 is 0 Å². The van der Waals surface area contributed by atoms with Crippen LogP contribution in [0.1, 0.15) is 48.2 Å². The second-order valence-corrected chi connectivity index (χ2v) is 7.11. The molecule has 1 aliphatic heterocycles. The molecule has 1 amide bonds. The van der Waals surface area contributed by atoms with Crippen molar-refractivity contribution in [3.8, 4) is 0 Å². The average Bonchev–Trinajstić information content (AvgIpc) is 3.15. The maximum atomic E-state index is 12.6. The molecule has 1 unspecified atom stereocenters. The van der Waals surface area contributed by atoms with Gasteiger partial charge in [-0.15, -0.1) is 0 Å². The van der Waals surface area contributed by atoms with E-state index in [-0.39, 0.29) is 11.9 Å². The van der Waals surface area contributed by atoms with Gasteiger partial charge in [0.25, 0.3) is 5.91 Å². The van der Waals surface area contributed by atoms with E-state index in [1.54, 1.807) is 0 Å². The number of imidazole rings is 2. The summed E-state index contributed by atoms with van der Waals surface area (Å²) in [7, 11) is 0. The molecule has 0 spiro atoms. The zero-order valence-electron chi connectivity index (χ0n) is 14.9. The van der Waals surface area contributed by atoms with Crippen LogP contribution in [0.5, 0.6) is 0 Å². The minimum absolute atomic E-state index is 0.0358. The van der Waals surface area contributed by atoms with Gasteiger partial charge in [-0.2, -0.15) is 0 Å². The zero-order chi connectivity index (χ0) is 17.6. The summed E-state index contributed by atoms with van der Waals surface area (Å²) in [6, 6.07) is 6.22. The Morgan fingerprint density at radius 1 is 1.36 bits per heavy atom. The summed E-state index contributed by atoms with van der Waals surface area (Å²) in [5.74, 6) is 1.08. The molecule has 0 saturated heterocycles. The van der Waals surface area contributed by atoms with E-state index in [0.717, 1.165) is 41.9 Å². The van der Waals surface area contributed by atoms with Crippen LogP contribution in [0.25, 0.3) is 11.0 Å². The average molecular weight is 337 g/mol. The Bertz CT molecular complexity index is 937. The molecule has 130 valence electrons. The monoisotopic (exact) mass is 337 g/mol. The number of carbonyl (C=O) groups excluding carboxylic acids is 1. The van der Waals surface area contributed by atoms with E-state index in [1.165, 1.54) is 0 Å². The SMILES string of the molecule is Cc1cn2c(n1)CCC(NC(=O)c1ccc3c(c1)ncn3C(C)C)C2. The van der Waals surface area contributed by atoms with E-state index in [2.05, 4.69) is 44.5 Å². The van der Waals surface area contributed by atoms with Crippen molar-refractivity contribution in [2.24, 2.45) is 0 Å². The van der Waals surface area contributed by atoms with Gasteiger partial charge in [0.15, 0.2) is 0 Å². The van der Waals surface area contributed by atoms with Crippen molar-refractivity contribution in [3.05, 3.63) is 47.8 Å². The van der Waals surface area contributed by atoms with E-state index in [9.17, 15) is 4.79 Å². The maximum Gasteiger partial charge on any atom is 0.251 e. The fourth-order valence-electron chi connectivity index (χ4n) is 3.56. The van der Waals surface area contributed by atoms with Gasteiger partial charge in [0.2, 0.25) is 0 Å². The quantitative estimate of drug-likeness (QED) is 0.799. The van der Waals surface area contributed by atoms with E-state index in [4.69, 9.17) is 0 Å². The van der Waals surface area contributed by atoms with Gasteiger partial charge in [-0.25, -0.2) is 9.97 Å². The number of carbonyl (C=O) groups is 1. The predicted molar refractivity (Wildman–Crippen MR) is 96.7 cm³/mol. The molecule has 6 nitrogen and oxygen atoms in total. The topological polar surface area (TPSA) is 64.7 Å². The summed E-state index contributed by atoms with van der Waals surface area (Å²) < 4.78 is 4.26.